The summed E-state index contributed by atoms with van der Waals surface area (Å²) in [4.78, 5) is 2.26. The first-order valence-electron chi connectivity index (χ1n) is 5.86. The summed E-state index contributed by atoms with van der Waals surface area (Å²) in [6.45, 7) is 5.25. The van der Waals surface area contributed by atoms with E-state index in [2.05, 4.69) is 19.7 Å². The van der Waals surface area contributed by atoms with Gasteiger partial charge in [0, 0.05) is 45.3 Å². The van der Waals surface area contributed by atoms with Crippen LogP contribution in [0.15, 0.2) is 0 Å². The van der Waals surface area contributed by atoms with Gasteiger partial charge in [0.25, 0.3) is 10.2 Å². The minimum atomic E-state index is -3.26. The molecule has 0 amide bonds. The van der Waals surface area contributed by atoms with Crippen molar-refractivity contribution in [1.82, 2.24) is 19.7 Å². The Hall–Kier alpha value is -0.210. The maximum absolute atomic E-state index is 11.5. The van der Waals surface area contributed by atoms with Crippen LogP contribution in [0.3, 0.4) is 0 Å². The molecule has 6 nitrogen and oxygen atoms in total. The van der Waals surface area contributed by atoms with Crippen molar-refractivity contribution in [2.45, 2.75) is 18.9 Å². The zero-order valence-electron chi connectivity index (χ0n) is 9.41. The highest BCUT2D eigenvalue weighted by molar-refractivity contribution is 7.87. The summed E-state index contributed by atoms with van der Waals surface area (Å²) in [5.41, 5.74) is 0. The maximum atomic E-state index is 11.5. The summed E-state index contributed by atoms with van der Waals surface area (Å²) in [5, 5.41) is 3.26. The molecule has 0 spiro atoms. The van der Waals surface area contributed by atoms with E-state index in [0.717, 1.165) is 45.6 Å². The molecule has 0 atom stereocenters. The Kier molecular flexibility index (Phi) is 4.15. The van der Waals surface area contributed by atoms with Crippen LogP contribution in [0, 0.1) is 0 Å². The van der Waals surface area contributed by atoms with Crippen LogP contribution in [-0.2, 0) is 10.2 Å². The van der Waals surface area contributed by atoms with E-state index >= 15 is 0 Å². The van der Waals surface area contributed by atoms with Crippen LogP contribution < -0.4 is 14.8 Å². The molecule has 2 aliphatic rings. The van der Waals surface area contributed by atoms with E-state index in [4.69, 9.17) is 0 Å². The summed E-state index contributed by atoms with van der Waals surface area (Å²) in [7, 11) is -3.26. The average Bonchev–Trinajstić information content (AvgIpc) is 3.02. The molecule has 1 heterocycles. The Morgan fingerprint density at radius 3 is 2.56 bits per heavy atom. The van der Waals surface area contributed by atoms with Crippen LogP contribution in [0.4, 0.5) is 0 Å². The molecule has 0 bridgehead atoms. The van der Waals surface area contributed by atoms with E-state index in [-0.39, 0.29) is 6.04 Å². The zero-order valence-corrected chi connectivity index (χ0v) is 10.2. The van der Waals surface area contributed by atoms with Crippen LogP contribution in [0.1, 0.15) is 12.8 Å². The fourth-order valence-electron chi connectivity index (χ4n) is 1.74. The van der Waals surface area contributed by atoms with E-state index < -0.39 is 10.2 Å². The van der Waals surface area contributed by atoms with Gasteiger partial charge in [-0.05, 0) is 12.8 Å². The summed E-state index contributed by atoms with van der Waals surface area (Å²) >= 11 is 0. The van der Waals surface area contributed by atoms with Crippen molar-refractivity contribution < 1.29 is 8.42 Å². The Morgan fingerprint density at radius 2 is 1.94 bits per heavy atom. The highest BCUT2D eigenvalue weighted by atomic mass is 32.2. The minimum absolute atomic E-state index is 0.177. The number of hydrogen-bond acceptors (Lipinski definition) is 4. The van der Waals surface area contributed by atoms with Gasteiger partial charge in [-0.1, -0.05) is 0 Å². The molecule has 2 fully saturated rings. The molecular weight excluding hydrogens is 228 g/mol. The van der Waals surface area contributed by atoms with Gasteiger partial charge in [0.15, 0.2) is 0 Å². The smallest absolute Gasteiger partial charge is 0.277 e. The molecule has 1 aliphatic heterocycles. The second-order valence-electron chi connectivity index (χ2n) is 4.38. The van der Waals surface area contributed by atoms with Crippen molar-refractivity contribution in [3.63, 3.8) is 0 Å². The molecule has 0 radical (unpaired) electrons. The monoisotopic (exact) mass is 248 g/mol. The maximum Gasteiger partial charge on any atom is 0.277 e. The third kappa shape index (κ3) is 4.34. The van der Waals surface area contributed by atoms with Crippen LogP contribution in [-0.4, -0.2) is 58.6 Å². The van der Waals surface area contributed by atoms with Crippen molar-refractivity contribution in [2.24, 2.45) is 0 Å². The van der Waals surface area contributed by atoms with Gasteiger partial charge in [-0.2, -0.15) is 13.1 Å². The predicted molar refractivity (Wildman–Crippen MR) is 62.4 cm³/mol. The standard InChI is InChI=1S/C9H20N4O2S/c14-16(15,12-9-1-2-9)11-5-8-13-6-3-10-4-7-13/h9-12H,1-8H2. The van der Waals surface area contributed by atoms with Gasteiger partial charge < -0.3 is 5.32 Å². The van der Waals surface area contributed by atoms with Crippen molar-refractivity contribution >= 4 is 10.2 Å². The Bertz CT molecular complexity index is 309. The molecule has 0 aromatic rings. The van der Waals surface area contributed by atoms with E-state index in [1.807, 2.05) is 0 Å². The van der Waals surface area contributed by atoms with Crippen LogP contribution in [0.5, 0.6) is 0 Å². The van der Waals surface area contributed by atoms with Gasteiger partial charge in [-0.3, -0.25) is 4.90 Å². The van der Waals surface area contributed by atoms with Gasteiger partial charge in [-0.15, -0.1) is 0 Å². The molecule has 0 unspecified atom stereocenters. The number of rotatable bonds is 6. The highest BCUT2D eigenvalue weighted by Gasteiger charge is 2.26. The SMILES string of the molecule is O=S(=O)(NCCN1CCNCC1)NC1CC1. The molecule has 0 aromatic carbocycles. The first kappa shape index (κ1) is 12.3. The first-order valence-corrected chi connectivity index (χ1v) is 7.34. The van der Waals surface area contributed by atoms with Crippen molar-refractivity contribution in [1.29, 1.82) is 0 Å². The molecule has 16 heavy (non-hydrogen) atoms. The van der Waals surface area contributed by atoms with Crippen molar-refractivity contribution in [2.75, 3.05) is 39.3 Å². The third-order valence-electron chi connectivity index (χ3n) is 2.83. The largest absolute Gasteiger partial charge is 0.314 e. The van der Waals surface area contributed by atoms with Crippen molar-refractivity contribution in [3.05, 3.63) is 0 Å². The van der Waals surface area contributed by atoms with Crippen LogP contribution >= 0.6 is 0 Å². The second kappa shape index (κ2) is 5.42. The molecule has 1 saturated heterocycles. The van der Waals surface area contributed by atoms with Gasteiger partial charge in [-0.25, -0.2) is 4.72 Å². The molecule has 2 rings (SSSR count). The molecule has 1 saturated carbocycles. The molecule has 7 heteroatoms. The topological polar surface area (TPSA) is 73.5 Å². The van der Waals surface area contributed by atoms with Gasteiger partial charge in [0.1, 0.15) is 0 Å². The Morgan fingerprint density at radius 1 is 1.25 bits per heavy atom. The molecule has 1 aliphatic carbocycles. The number of nitrogens with one attached hydrogen (secondary N) is 3. The minimum Gasteiger partial charge on any atom is -0.314 e. The average molecular weight is 248 g/mol. The quantitative estimate of drug-likeness (QED) is 0.534. The van der Waals surface area contributed by atoms with E-state index in [1.165, 1.54) is 0 Å². The van der Waals surface area contributed by atoms with Crippen molar-refractivity contribution in [3.8, 4) is 0 Å². The zero-order chi connectivity index (χ0) is 11.4. The third-order valence-corrected chi connectivity index (χ3v) is 4.06. The molecule has 0 aromatic heterocycles. The van der Waals surface area contributed by atoms with Crippen LogP contribution in [0.2, 0.25) is 0 Å². The summed E-state index contributed by atoms with van der Waals surface area (Å²) in [6.07, 6.45) is 1.94. The van der Waals surface area contributed by atoms with E-state index in [1.54, 1.807) is 0 Å². The fourth-order valence-corrected chi connectivity index (χ4v) is 2.85. The number of hydrogen-bond donors (Lipinski definition) is 3. The Balaban J connectivity index is 1.62. The molecule has 3 N–H and O–H groups in total. The first-order chi connectivity index (χ1) is 7.66. The molecule has 94 valence electrons. The lowest BCUT2D eigenvalue weighted by molar-refractivity contribution is 0.245. The normalized spacial score (nSPS) is 23.5. The van der Waals surface area contributed by atoms with E-state index in [0.29, 0.717) is 6.54 Å². The Labute approximate surface area is 97.0 Å². The lowest BCUT2D eigenvalue weighted by Gasteiger charge is -2.27. The second-order valence-corrected chi connectivity index (χ2v) is 5.91. The van der Waals surface area contributed by atoms with Gasteiger partial charge in [0.05, 0.1) is 0 Å². The lowest BCUT2D eigenvalue weighted by Crippen LogP contribution is -2.47. The summed E-state index contributed by atoms with van der Waals surface area (Å²) in [5.74, 6) is 0. The predicted octanol–water partition coefficient (Wildman–Crippen LogP) is -1.52. The number of nitrogens with zero attached hydrogens (tertiary/aromatic N) is 1. The number of piperazine rings is 1. The lowest BCUT2D eigenvalue weighted by atomic mass is 10.3. The molecular formula is C9H20N4O2S. The van der Waals surface area contributed by atoms with Gasteiger partial charge in [0.2, 0.25) is 0 Å². The highest BCUT2D eigenvalue weighted by Crippen LogP contribution is 2.19. The summed E-state index contributed by atoms with van der Waals surface area (Å²) in [6, 6.07) is 0.177. The van der Waals surface area contributed by atoms with E-state index in [9.17, 15) is 8.42 Å². The fraction of sp³-hybridized carbons (Fsp3) is 1.00. The van der Waals surface area contributed by atoms with Gasteiger partial charge >= 0.3 is 0 Å². The summed E-state index contributed by atoms with van der Waals surface area (Å²) < 4.78 is 28.1. The van der Waals surface area contributed by atoms with Crippen LogP contribution in [0.25, 0.3) is 0 Å².